The van der Waals surface area contributed by atoms with Gasteiger partial charge in [-0.05, 0) is 18.2 Å². The van der Waals surface area contributed by atoms with Gasteiger partial charge in [0.2, 0.25) is 0 Å². The van der Waals surface area contributed by atoms with Crippen LogP contribution < -0.4 is 0 Å². The number of carbonyl (C=O) groups excluding carboxylic acids is 1. The number of nitrogens with one attached hydrogen (secondary N) is 1. The number of hydrogen-bond donors (Lipinski definition) is 1. The van der Waals surface area contributed by atoms with Crippen LogP contribution in [0.25, 0.3) is 0 Å². The summed E-state index contributed by atoms with van der Waals surface area (Å²) in [6.07, 6.45) is 1.33. The molecule has 1 N–H and O–H groups in total. The summed E-state index contributed by atoms with van der Waals surface area (Å²) in [5.74, 6) is -0.994. The average Bonchev–Trinajstić information content (AvgIpc) is 2.83. The van der Waals surface area contributed by atoms with Crippen LogP contribution in [-0.4, -0.2) is 24.6 Å². The van der Waals surface area contributed by atoms with E-state index in [1.54, 1.807) is 6.07 Å². The minimum atomic E-state index is -4.08. The van der Waals surface area contributed by atoms with Gasteiger partial charge in [-0.1, -0.05) is 18.2 Å². The van der Waals surface area contributed by atoms with E-state index in [9.17, 15) is 13.2 Å². The number of hydrogen-bond acceptors (Lipinski definition) is 5. The van der Waals surface area contributed by atoms with Crippen molar-refractivity contribution in [2.75, 3.05) is 0 Å². The molecule has 7 heteroatoms. The molecule has 17 heavy (non-hydrogen) atoms. The highest BCUT2D eigenvalue weighted by Gasteiger charge is 2.21. The predicted octanol–water partition coefficient (Wildman–Crippen LogP) is 0.955. The van der Waals surface area contributed by atoms with Gasteiger partial charge in [0, 0.05) is 6.20 Å². The van der Waals surface area contributed by atoms with Crippen LogP contribution in [0.2, 0.25) is 0 Å². The molecular formula is C10H8N2O4S. The molecule has 2 aromatic rings. The molecule has 0 amide bonds. The van der Waals surface area contributed by atoms with Gasteiger partial charge in [-0.2, -0.15) is 13.5 Å². The highest BCUT2D eigenvalue weighted by atomic mass is 32.2. The predicted molar refractivity (Wildman–Crippen MR) is 57.6 cm³/mol. The summed E-state index contributed by atoms with van der Waals surface area (Å²) >= 11 is 0. The molecule has 6 nitrogen and oxygen atoms in total. The Kier molecular flexibility index (Phi) is 2.92. The number of H-pyrrole nitrogens is 1. The summed E-state index contributed by atoms with van der Waals surface area (Å²) in [5, 5.41) is 5.85. The number of benzene rings is 1. The van der Waals surface area contributed by atoms with Crippen LogP contribution in [0.1, 0.15) is 10.5 Å². The lowest BCUT2D eigenvalue weighted by atomic mass is 10.4. The summed E-state index contributed by atoms with van der Waals surface area (Å²) < 4.78 is 27.8. The Morgan fingerprint density at radius 3 is 2.47 bits per heavy atom. The molecule has 1 heterocycles. The third-order valence-electron chi connectivity index (χ3n) is 1.94. The summed E-state index contributed by atoms with van der Waals surface area (Å²) in [6, 6.07) is 8.75. The Balaban J connectivity index is 2.22. The lowest BCUT2D eigenvalue weighted by Crippen LogP contribution is -2.13. The van der Waals surface area contributed by atoms with E-state index < -0.39 is 16.1 Å². The molecule has 0 aliphatic carbocycles. The second kappa shape index (κ2) is 4.38. The quantitative estimate of drug-likeness (QED) is 0.821. The first-order valence-corrected chi connectivity index (χ1v) is 6.04. The minimum Gasteiger partial charge on any atom is -0.336 e. The SMILES string of the molecule is O=C(OS(=O)(=O)c1ccccc1)c1ccn[nH]1. The van der Waals surface area contributed by atoms with Crippen molar-refractivity contribution in [3.05, 3.63) is 48.3 Å². The maximum atomic E-state index is 11.7. The van der Waals surface area contributed by atoms with Gasteiger partial charge in [-0.25, -0.2) is 4.79 Å². The molecule has 0 aliphatic rings. The fraction of sp³-hybridized carbons (Fsp3) is 0. The molecule has 1 aromatic carbocycles. The zero-order valence-corrected chi connectivity index (χ0v) is 9.35. The summed E-state index contributed by atoms with van der Waals surface area (Å²) in [6.45, 7) is 0. The first-order valence-electron chi connectivity index (χ1n) is 4.63. The molecule has 0 atom stereocenters. The highest BCUT2D eigenvalue weighted by Crippen LogP contribution is 2.12. The van der Waals surface area contributed by atoms with Crippen LogP contribution in [0.5, 0.6) is 0 Å². The van der Waals surface area contributed by atoms with E-state index in [-0.39, 0.29) is 10.6 Å². The van der Waals surface area contributed by atoms with Crippen molar-refractivity contribution in [3.63, 3.8) is 0 Å². The Bertz CT molecular complexity index is 605. The van der Waals surface area contributed by atoms with Crippen molar-refractivity contribution < 1.29 is 17.4 Å². The highest BCUT2D eigenvalue weighted by molar-refractivity contribution is 7.87. The maximum Gasteiger partial charge on any atom is 0.372 e. The molecule has 0 radical (unpaired) electrons. The van der Waals surface area contributed by atoms with E-state index in [4.69, 9.17) is 0 Å². The van der Waals surface area contributed by atoms with Crippen molar-refractivity contribution in [2.45, 2.75) is 4.90 Å². The lowest BCUT2D eigenvalue weighted by Gasteiger charge is -2.03. The lowest BCUT2D eigenvalue weighted by molar-refractivity contribution is 0.0740. The standard InChI is InChI=1S/C10H8N2O4S/c13-10(9-6-7-11-12-9)16-17(14,15)8-4-2-1-3-5-8/h1-7H,(H,11,12). The summed E-state index contributed by atoms with van der Waals surface area (Å²) in [4.78, 5) is 11.3. The Hall–Kier alpha value is -2.15. The fourth-order valence-corrected chi connectivity index (χ4v) is 2.03. The summed E-state index contributed by atoms with van der Waals surface area (Å²) in [5.41, 5.74) is -0.0236. The van der Waals surface area contributed by atoms with E-state index in [2.05, 4.69) is 14.4 Å². The Morgan fingerprint density at radius 1 is 1.18 bits per heavy atom. The largest absolute Gasteiger partial charge is 0.372 e. The van der Waals surface area contributed by atoms with E-state index >= 15 is 0 Å². The zero-order valence-electron chi connectivity index (χ0n) is 8.53. The molecule has 0 fully saturated rings. The number of aromatic amines is 1. The van der Waals surface area contributed by atoms with Crippen molar-refractivity contribution in [2.24, 2.45) is 0 Å². The summed E-state index contributed by atoms with van der Waals surface area (Å²) in [7, 11) is -4.08. The van der Waals surface area contributed by atoms with Gasteiger partial charge < -0.3 is 4.18 Å². The third-order valence-corrected chi connectivity index (χ3v) is 3.16. The van der Waals surface area contributed by atoms with Gasteiger partial charge in [0.05, 0.1) is 0 Å². The van der Waals surface area contributed by atoms with E-state index in [0.29, 0.717) is 0 Å². The monoisotopic (exact) mass is 252 g/mol. The van der Waals surface area contributed by atoms with Gasteiger partial charge >= 0.3 is 16.1 Å². The van der Waals surface area contributed by atoms with Gasteiger partial charge in [-0.3, -0.25) is 5.10 Å². The molecule has 0 unspecified atom stereocenters. The van der Waals surface area contributed by atoms with Crippen LogP contribution in [0, 0.1) is 0 Å². The first kappa shape index (κ1) is 11.3. The van der Waals surface area contributed by atoms with Crippen LogP contribution in [0.4, 0.5) is 0 Å². The number of carbonyl (C=O) groups is 1. The molecule has 0 saturated carbocycles. The minimum absolute atomic E-state index is 0.0236. The Labute approximate surface area is 97.4 Å². The number of rotatable bonds is 3. The number of nitrogens with zero attached hydrogens (tertiary/aromatic N) is 1. The van der Waals surface area contributed by atoms with E-state index in [0.717, 1.165) is 0 Å². The molecule has 2 rings (SSSR count). The van der Waals surface area contributed by atoms with Crippen molar-refractivity contribution in [3.8, 4) is 0 Å². The van der Waals surface area contributed by atoms with Gasteiger partial charge in [-0.15, -0.1) is 0 Å². The van der Waals surface area contributed by atoms with Crippen LogP contribution in [0.3, 0.4) is 0 Å². The normalized spacial score (nSPS) is 11.1. The molecular weight excluding hydrogens is 244 g/mol. The van der Waals surface area contributed by atoms with Crippen molar-refractivity contribution >= 4 is 16.1 Å². The second-order valence-electron chi connectivity index (χ2n) is 3.11. The molecule has 0 saturated heterocycles. The Morgan fingerprint density at radius 2 is 1.88 bits per heavy atom. The molecule has 88 valence electrons. The molecule has 0 spiro atoms. The number of aromatic nitrogens is 2. The van der Waals surface area contributed by atoms with E-state index in [1.807, 2.05) is 0 Å². The smallest absolute Gasteiger partial charge is 0.336 e. The van der Waals surface area contributed by atoms with Gasteiger partial charge in [0.1, 0.15) is 10.6 Å². The van der Waals surface area contributed by atoms with Crippen molar-refractivity contribution in [1.29, 1.82) is 0 Å². The fourth-order valence-electron chi connectivity index (χ4n) is 1.15. The van der Waals surface area contributed by atoms with E-state index in [1.165, 1.54) is 36.5 Å². The average molecular weight is 252 g/mol. The van der Waals surface area contributed by atoms with Gasteiger partial charge in [0.25, 0.3) is 0 Å². The van der Waals surface area contributed by atoms with Crippen LogP contribution in [-0.2, 0) is 14.3 Å². The zero-order chi connectivity index (χ0) is 12.3. The third kappa shape index (κ3) is 2.51. The maximum absolute atomic E-state index is 11.7. The first-order chi connectivity index (χ1) is 8.09. The topological polar surface area (TPSA) is 89.1 Å². The van der Waals surface area contributed by atoms with Gasteiger partial charge in [0.15, 0.2) is 0 Å². The van der Waals surface area contributed by atoms with Crippen LogP contribution in [0.15, 0.2) is 47.5 Å². The molecule has 1 aromatic heterocycles. The van der Waals surface area contributed by atoms with Crippen molar-refractivity contribution in [1.82, 2.24) is 10.2 Å². The molecule has 0 bridgehead atoms. The second-order valence-corrected chi connectivity index (χ2v) is 4.65. The molecule has 0 aliphatic heterocycles. The van der Waals surface area contributed by atoms with Crippen LogP contribution >= 0.6 is 0 Å².